The average molecular weight is 332 g/mol. The van der Waals surface area contributed by atoms with E-state index in [-0.39, 0.29) is 0 Å². The predicted octanol–water partition coefficient (Wildman–Crippen LogP) is 4.76. The fourth-order valence-corrected chi connectivity index (χ4v) is 2.24. The quantitative estimate of drug-likeness (QED) is 0.820. The number of pyridine rings is 1. The summed E-state index contributed by atoms with van der Waals surface area (Å²) < 4.78 is 0.782. The highest BCUT2D eigenvalue weighted by Crippen LogP contribution is 2.23. The SMILES string of the molecule is Clc1ccc(CNc2cccnc2Br)c(Cl)c1. The Labute approximate surface area is 118 Å². The van der Waals surface area contributed by atoms with Crippen LogP contribution >= 0.6 is 39.1 Å². The number of benzene rings is 1. The zero-order valence-corrected chi connectivity index (χ0v) is 11.9. The van der Waals surface area contributed by atoms with Crippen molar-refractivity contribution in [1.29, 1.82) is 0 Å². The van der Waals surface area contributed by atoms with E-state index in [9.17, 15) is 0 Å². The number of anilines is 1. The molecule has 2 nitrogen and oxygen atoms in total. The van der Waals surface area contributed by atoms with Gasteiger partial charge in [-0.25, -0.2) is 4.98 Å². The van der Waals surface area contributed by atoms with Crippen LogP contribution in [0.15, 0.2) is 41.1 Å². The molecular formula is C12H9BrCl2N2. The molecule has 88 valence electrons. The lowest BCUT2D eigenvalue weighted by atomic mass is 10.2. The van der Waals surface area contributed by atoms with Crippen LogP contribution in [0.1, 0.15) is 5.56 Å². The smallest absolute Gasteiger partial charge is 0.129 e. The van der Waals surface area contributed by atoms with Crippen LogP contribution in [0, 0.1) is 0 Å². The van der Waals surface area contributed by atoms with Crippen LogP contribution in [0.3, 0.4) is 0 Å². The summed E-state index contributed by atoms with van der Waals surface area (Å²) in [5.41, 5.74) is 1.92. The lowest BCUT2D eigenvalue weighted by molar-refractivity contribution is 1.13. The van der Waals surface area contributed by atoms with Crippen molar-refractivity contribution in [3.05, 3.63) is 56.7 Å². The van der Waals surface area contributed by atoms with E-state index in [0.29, 0.717) is 16.6 Å². The van der Waals surface area contributed by atoms with Crippen molar-refractivity contribution in [3.63, 3.8) is 0 Å². The molecule has 1 heterocycles. The van der Waals surface area contributed by atoms with Gasteiger partial charge in [-0.05, 0) is 45.8 Å². The van der Waals surface area contributed by atoms with Crippen molar-refractivity contribution in [2.45, 2.75) is 6.54 Å². The second-order valence-electron chi connectivity index (χ2n) is 3.43. The molecule has 0 spiro atoms. The molecule has 1 N–H and O–H groups in total. The molecule has 17 heavy (non-hydrogen) atoms. The molecule has 2 rings (SSSR count). The molecular weight excluding hydrogens is 323 g/mol. The van der Waals surface area contributed by atoms with E-state index in [4.69, 9.17) is 23.2 Å². The molecule has 1 aromatic carbocycles. The molecule has 0 atom stereocenters. The minimum atomic E-state index is 0.625. The molecule has 0 saturated carbocycles. The summed E-state index contributed by atoms with van der Waals surface area (Å²) in [6, 6.07) is 9.28. The number of rotatable bonds is 3. The second kappa shape index (κ2) is 5.71. The molecule has 2 aromatic rings. The Balaban J connectivity index is 2.10. The van der Waals surface area contributed by atoms with E-state index >= 15 is 0 Å². The number of hydrogen-bond donors (Lipinski definition) is 1. The summed E-state index contributed by atoms with van der Waals surface area (Å²) >= 11 is 15.3. The summed E-state index contributed by atoms with van der Waals surface area (Å²) in [7, 11) is 0. The van der Waals surface area contributed by atoms with Gasteiger partial charge < -0.3 is 5.32 Å². The summed E-state index contributed by atoms with van der Waals surface area (Å²) in [6.45, 7) is 0.625. The van der Waals surface area contributed by atoms with Crippen LogP contribution in [0.4, 0.5) is 5.69 Å². The highest BCUT2D eigenvalue weighted by Gasteiger charge is 2.03. The van der Waals surface area contributed by atoms with Crippen LogP contribution in [0.25, 0.3) is 0 Å². The number of halogens is 3. The van der Waals surface area contributed by atoms with Crippen molar-refractivity contribution >= 4 is 44.8 Å². The highest BCUT2D eigenvalue weighted by molar-refractivity contribution is 9.10. The van der Waals surface area contributed by atoms with Crippen LogP contribution < -0.4 is 5.32 Å². The Morgan fingerprint density at radius 2 is 2.06 bits per heavy atom. The molecule has 0 aliphatic carbocycles. The minimum absolute atomic E-state index is 0.625. The van der Waals surface area contributed by atoms with Gasteiger partial charge in [0.1, 0.15) is 4.60 Å². The lowest BCUT2D eigenvalue weighted by Gasteiger charge is -2.09. The minimum Gasteiger partial charge on any atom is -0.379 e. The number of nitrogens with one attached hydrogen (secondary N) is 1. The third-order valence-electron chi connectivity index (χ3n) is 2.24. The summed E-state index contributed by atoms with van der Waals surface area (Å²) in [4.78, 5) is 4.13. The first-order valence-electron chi connectivity index (χ1n) is 4.95. The normalized spacial score (nSPS) is 10.3. The van der Waals surface area contributed by atoms with E-state index in [1.165, 1.54) is 0 Å². The third kappa shape index (κ3) is 3.35. The highest BCUT2D eigenvalue weighted by atomic mass is 79.9. The molecule has 1 aromatic heterocycles. The van der Waals surface area contributed by atoms with Gasteiger partial charge in [0.2, 0.25) is 0 Å². The van der Waals surface area contributed by atoms with Crippen molar-refractivity contribution in [2.75, 3.05) is 5.32 Å². The van der Waals surface area contributed by atoms with Crippen molar-refractivity contribution in [1.82, 2.24) is 4.98 Å². The van der Waals surface area contributed by atoms with E-state index in [1.807, 2.05) is 24.3 Å². The average Bonchev–Trinajstić information content (AvgIpc) is 2.30. The van der Waals surface area contributed by atoms with E-state index < -0.39 is 0 Å². The van der Waals surface area contributed by atoms with Gasteiger partial charge in [0.25, 0.3) is 0 Å². The first-order valence-corrected chi connectivity index (χ1v) is 6.50. The molecule has 5 heteroatoms. The summed E-state index contributed by atoms with van der Waals surface area (Å²) in [5.74, 6) is 0. The maximum atomic E-state index is 6.08. The first-order chi connectivity index (χ1) is 8.16. The Bertz CT molecular complexity index is 532. The van der Waals surface area contributed by atoms with Crippen LogP contribution in [-0.2, 0) is 6.54 Å². The standard InChI is InChI=1S/C12H9BrCl2N2/c13-12-11(2-1-5-16-12)17-7-8-3-4-9(14)6-10(8)15/h1-6,17H,7H2. The number of aromatic nitrogens is 1. The molecule has 0 unspecified atom stereocenters. The van der Waals surface area contributed by atoms with Gasteiger partial charge in [-0.1, -0.05) is 29.3 Å². The van der Waals surface area contributed by atoms with Crippen molar-refractivity contribution in [3.8, 4) is 0 Å². The molecule has 0 bridgehead atoms. The predicted molar refractivity (Wildman–Crippen MR) is 75.7 cm³/mol. The first kappa shape index (κ1) is 12.7. The molecule has 0 radical (unpaired) electrons. The van der Waals surface area contributed by atoms with Gasteiger partial charge in [0.05, 0.1) is 5.69 Å². The van der Waals surface area contributed by atoms with E-state index in [2.05, 4.69) is 26.2 Å². The third-order valence-corrected chi connectivity index (χ3v) is 3.46. The topological polar surface area (TPSA) is 24.9 Å². The molecule has 0 fully saturated rings. The van der Waals surface area contributed by atoms with Gasteiger partial charge in [0.15, 0.2) is 0 Å². The Morgan fingerprint density at radius 1 is 1.24 bits per heavy atom. The monoisotopic (exact) mass is 330 g/mol. The number of nitrogens with zero attached hydrogens (tertiary/aromatic N) is 1. The maximum Gasteiger partial charge on any atom is 0.129 e. The van der Waals surface area contributed by atoms with Crippen LogP contribution in [0.5, 0.6) is 0 Å². The van der Waals surface area contributed by atoms with Gasteiger partial charge >= 0.3 is 0 Å². The molecule has 0 aliphatic heterocycles. The lowest BCUT2D eigenvalue weighted by Crippen LogP contribution is -2.01. The Kier molecular flexibility index (Phi) is 4.26. The molecule has 0 saturated heterocycles. The fourth-order valence-electron chi connectivity index (χ4n) is 1.37. The van der Waals surface area contributed by atoms with Crippen molar-refractivity contribution < 1.29 is 0 Å². The van der Waals surface area contributed by atoms with Crippen molar-refractivity contribution in [2.24, 2.45) is 0 Å². The molecule has 0 amide bonds. The molecule has 0 aliphatic rings. The fraction of sp³-hybridized carbons (Fsp3) is 0.0833. The zero-order chi connectivity index (χ0) is 12.3. The van der Waals surface area contributed by atoms with E-state index in [0.717, 1.165) is 15.9 Å². The van der Waals surface area contributed by atoms with E-state index in [1.54, 1.807) is 12.3 Å². The second-order valence-corrected chi connectivity index (χ2v) is 5.03. The van der Waals surface area contributed by atoms with Gasteiger partial charge in [-0.15, -0.1) is 0 Å². The zero-order valence-electron chi connectivity index (χ0n) is 8.75. The maximum absolute atomic E-state index is 6.08. The van der Waals surface area contributed by atoms with Crippen LogP contribution in [0.2, 0.25) is 10.0 Å². The van der Waals surface area contributed by atoms with Gasteiger partial charge in [0, 0.05) is 22.8 Å². The van der Waals surface area contributed by atoms with Gasteiger partial charge in [-0.3, -0.25) is 0 Å². The summed E-state index contributed by atoms with van der Waals surface area (Å²) in [5, 5.41) is 4.55. The Hall–Kier alpha value is -0.770. The number of hydrogen-bond acceptors (Lipinski definition) is 2. The van der Waals surface area contributed by atoms with Gasteiger partial charge in [-0.2, -0.15) is 0 Å². The van der Waals surface area contributed by atoms with Crippen LogP contribution in [-0.4, -0.2) is 4.98 Å². The Morgan fingerprint density at radius 3 is 2.76 bits per heavy atom. The largest absolute Gasteiger partial charge is 0.379 e. The summed E-state index contributed by atoms with van der Waals surface area (Å²) in [6.07, 6.45) is 1.73.